The Kier molecular flexibility index (Phi) is 6.81. The maximum Gasteiger partial charge on any atom is 0.271 e. The van der Waals surface area contributed by atoms with Gasteiger partial charge in [-0.25, -0.2) is 8.42 Å². The topological polar surface area (TPSA) is 63.7 Å². The Bertz CT molecular complexity index is 1150. The van der Waals surface area contributed by atoms with E-state index < -0.39 is 15.9 Å². The van der Waals surface area contributed by atoms with Crippen LogP contribution in [0.4, 0.5) is 5.69 Å². The lowest BCUT2D eigenvalue weighted by molar-refractivity contribution is -0.115. The molecule has 0 saturated heterocycles. The van der Waals surface area contributed by atoms with E-state index in [2.05, 4.69) is 0 Å². The number of nitrogens with zero attached hydrogens (tertiary/aromatic N) is 1. The number of anilines is 1. The quantitative estimate of drug-likeness (QED) is 0.494. The molecule has 0 radical (unpaired) electrons. The van der Waals surface area contributed by atoms with Crippen LogP contribution in [-0.2, 0) is 21.4 Å². The third-order valence-corrected chi connectivity index (χ3v) is 6.75. The highest BCUT2D eigenvalue weighted by Crippen LogP contribution is 2.36. The Morgan fingerprint density at radius 2 is 1.61 bits per heavy atom. The maximum absolute atomic E-state index is 13.3. The fourth-order valence-corrected chi connectivity index (χ4v) is 4.64. The summed E-state index contributed by atoms with van der Waals surface area (Å²) in [4.78, 5) is 12.6. The molecule has 3 aromatic rings. The molecule has 162 valence electrons. The number of hydrogen-bond acceptors (Lipinski definition) is 4. The number of carbonyl (C=O) groups is 1. The summed E-state index contributed by atoms with van der Waals surface area (Å²) in [7, 11) is -4.09. The van der Waals surface area contributed by atoms with Crippen LogP contribution in [0.1, 0.15) is 43.4 Å². The van der Waals surface area contributed by atoms with Crippen molar-refractivity contribution in [2.75, 3.05) is 4.31 Å². The molecule has 3 rings (SSSR count). The Hall–Kier alpha value is -3.12. The zero-order valence-corrected chi connectivity index (χ0v) is 19.0. The zero-order chi connectivity index (χ0) is 22.6. The number of benzene rings is 3. The highest BCUT2D eigenvalue weighted by atomic mass is 32.2. The van der Waals surface area contributed by atoms with E-state index in [1.165, 1.54) is 19.1 Å². The highest BCUT2D eigenvalue weighted by Gasteiger charge is 2.31. The van der Waals surface area contributed by atoms with Gasteiger partial charge >= 0.3 is 0 Å². The lowest BCUT2D eigenvalue weighted by Crippen LogP contribution is -2.35. The minimum absolute atomic E-state index is 0.0441. The molecule has 0 aliphatic carbocycles. The van der Waals surface area contributed by atoms with Gasteiger partial charge in [-0.3, -0.25) is 4.79 Å². The number of rotatable bonds is 7. The molecule has 0 aliphatic heterocycles. The summed E-state index contributed by atoms with van der Waals surface area (Å²) in [6.07, 6.45) is 0. The van der Waals surface area contributed by atoms with Gasteiger partial charge in [0.25, 0.3) is 10.0 Å². The van der Waals surface area contributed by atoms with E-state index in [9.17, 15) is 13.2 Å². The Morgan fingerprint density at radius 1 is 0.968 bits per heavy atom. The van der Waals surface area contributed by atoms with Crippen LogP contribution in [0, 0.1) is 6.92 Å². The van der Waals surface area contributed by atoms with Gasteiger partial charge in [-0.2, -0.15) is 4.31 Å². The number of carbonyl (C=O) groups excluding carboxylic acids is 1. The van der Waals surface area contributed by atoms with Crippen LogP contribution in [-0.4, -0.2) is 14.3 Å². The SMILES string of the molecule is CC(=O)N(c1ccc(C(C)C)cc1OCc1ccc(C)cc1)S(=O)(=O)c1ccccc1. The van der Waals surface area contributed by atoms with Crippen molar-refractivity contribution >= 4 is 21.6 Å². The molecule has 1 amide bonds. The van der Waals surface area contributed by atoms with Crippen molar-refractivity contribution < 1.29 is 17.9 Å². The molecule has 0 aromatic heterocycles. The third kappa shape index (κ3) is 5.14. The second kappa shape index (κ2) is 9.35. The predicted octanol–water partition coefficient (Wildman–Crippen LogP) is 5.44. The number of amides is 1. The Morgan fingerprint density at radius 3 is 2.19 bits per heavy atom. The van der Waals surface area contributed by atoms with Crippen LogP contribution < -0.4 is 9.04 Å². The normalized spacial score (nSPS) is 11.4. The average Bonchev–Trinajstić information content (AvgIpc) is 2.74. The van der Waals surface area contributed by atoms with Crippen LogP contribution in [0.5, 0.6) is 5.75 Å². The fraction of sp³-hybridized carbons (Fsp3) is 0.240. The van der Waals surface area contributed by atoms with Crippen LogP contribution in [0.3, 0.4) is 0 Å². The molecule has 0 atom stereocenters. The first-order chi connectivity index (χ1) is 14.7. The molecule has 0 bridgehead atoms. The van der Waals surface area contributed by atoms with Gasteiger partial charge in [0.15, 0.2) is 0 Å². The van der Waals surface area contributed by atoms with Crippen LogP contribution >= 0.6 is 0 Å². The smallest absolute Gasteiger partial charge is 0.271 e. The van der Waals surface area contributed by atoms with Gasteiger partial charge in [0.1, 0.15) is 18.0 Å². The van der Waals surface area contributed by atoms with E-state index in [1.807, 2.05) is 57.2 Å². The van der Waals surface area contributed by atoms with E-state index in [4.69, 9.17) is 4.74 Å². The number of hydrogen-bond donors (Lipinski definition) is 0. The average molecular weight is 438 g/mol. The largest absolute Gasteiger partial charge is 0.487 e. The minimum atomic E-state index is -4.09. The number of aryl methyl sites for hydroxylation is 1. The molecule has 0 fully saturated rings. The lowest BCUT2D eigenvalue weighted by atomic mass is 10.0. The van der Waals surface area contributed by atoms with Gasteiger partial charge in [0.2, 0.25) is 5.91 Å². The standard InChI is InChI=1S/C25H27NO4S/c1-18(2)22-14-15-24(25(16-22)30-17-21-12-10-19(3)11-13-21)26(20(4)27)31(28,29)23-8-6-5-7-9-23/h5-16,18H,17H2,1-4H3. The number of ether oxygens (including phenoxy) is 1. The second-order valence-corrected chi connectivity index (χ2v) is 9.54. The van der Waals surface area contributed by atoms with Gasteiger partial charge in [-0.05, 0) is 48.2 Å². The first-order valence-corrected chi connectivity index (χ1v) is 11.6. The van der Waals surface area contributed by atoms with Crippen molar-refractivity contribution in [3.63, 3.8) is 0 Å². The molecule has 0 N–H and O–H groups in total. The van der Waals surface area contributed by atoms with E-state index in [0.717, 1.165) is 21.0 Å². The van der Waals surface area contributed by atoms with Crippen molar-refractivity contribution in [2.24, 2.45) is 0 Å². The summed E-state index contributed by atoms with van der Waals surface area (Å²) < 4.78 is 33.5. The van der Waals surface area contributed by atoms with Gasteiger partial charge in [-0.1, -0.05) is 67.9 Å². The molecule has 0 aliphatic rings. The molecular weight excluding hydrogens is 410 g/mol. The predicted molar refractivity (Wildman–Crippen MR) is 123 cm³/mol. The van der Waals surface area contributed by atoms with Crippen molar-refractivity contribution in [3.8, 4) is 5.75 Å². The van der Waals surface area contributed by atoms with Crippen LogP contribution in [0.15, 0.2) is 77.7 Å². The van der Waals surface area contributed by atoms with Gasteiger partial charge < -0.3 is 4.74 Å². The monoisotopic (exact) mass is 437 g/mol. The van der Waals surface area contributed by atoms with Crippen molar-refractivity contribution in [3.05, 3.63) is 89.5 Å². The van der Waals surface area contributed by atoms with Gasteiger partial charge in [-0.15, -0.1) is 0 Å². The molecule has 31 heavy (non-hydrogen) atoms. The number of sulfonamides is 1. The first kappa shape index (κ1) is 22.6. The van der Waals surface area contributed by atoms with Crippen LogP contribution in [0.2, 0.25) is 0 Å². The van der Waals surface area contributed by atoms with Crippen LogP contribution in [0.25, 0.3) is 0 Å². The van der Waals surface area contributed by atoms with Crippen molar-refractivity contribution in [1.29, 1.82) is 0 Å². The van der Waals surface area contributed by atoms with Crippen molar-refractivity contribution in [2.45, 2.75) is 45.1 Å². The first-order valence-electron chi connectivity index (χ1n) is 10.1. The molecule has 0 spiro atoms. The summed E-state index contributed by atoms with van der Waals surface area (Å²) in [5.74, 6) is -0.0462. The molecule has 0 heterocycles. The highest BCUT2D eigenvalue weighted by molar-refractivity contribution is 7.93. The Balaban J connectivity index is 2.06. The van der Waals surface area contributed by atoms with E-state index in [-0.39, 0.29) is 23.1 Å². The minimum Gasteiger partial charge on any atom is -0.487 e. The molecule has 3 aromatic carbocycles. The summed E-state index contributed by atoms with van der Waals surface area (Å²) in [6.45, 7) is 7.59. The molecule has 5 nitrogen and oxygen atoms in total. The maximum atomic E-state index is 13.3. The fourth-order valence-electron chi connectivity index (χ4n) is 3.18. The summed E-state index contributed by atoms with van der Waals surface area (Å²) in [5, 5.41) is 0. The molecule has 0 unspecified atom stereocenters. The molecule has 0 saturated carbocycles. The molecular formula is C25H27NO4S. The van der Waals surface area contributed by atoms with Crippen molar-refractivity contribution in [1.82, 2.24) is 0 Å². The Labute approximate surface area is 184 Å². The van der Waals surface area contributed by atoms with Gasteiger partial charge in [0, 0.05) is 6.92 Å². The van der Waals surface area contributed by atoms with E-state index in [1.54, 1.807) is 24.3 Å². The van der Waals surface area contributed by atoms with E-state index >= 15 is 0 Å². The summed E-state index contributed by atoms with van der Waals surface area (Å²) in [5.41, 5.74) is 3.28. The third-order valence-electron chi connectivity index (χ3n) is 4.95. The summed E-state index contributed by atoms with van der Waals surface area (Å²) in [6, 6.07) is 21.1. The van der Waals surface area contributed by atoms with Gasteiger partial charge in [0.05, 0.1) is 4.90 Å². The lowest BCUT2D eigenvalue weighted by Gasteiger charge is -2.24. The molecule has 6 heteroatoms. The summed E-state index contributed by atoms with van der Waals surface area (Å²) >= 11 is 0. The zero-order valence-electron chi connectivity index (χ0n) is 18.2. The van der Waals surface area contributed by atoms with E-state index in [0.29, 0.717) is 5.75 Å². The second-order valence-electron chi connectivity index (χ2n) is 7.76.